The number of nitrogens with two attached hydrogens (primary N) is 1. The predicted molar refractivity (Wildman–Crippen MR) is 95.2 cm³/mol. The Bertz CT molecular complexity index is 598. The molecule has 2 aromatic carbocycles. The van der Waals surface area contributed by atoms with Crippen LogP contribution in [-0.2, 0) is 6.42 Å². The number of rotatable bonds is 5. The summed E-state index contributed by atoms with van der Waals surface area (Å²) < 4.78 is 0.988. The summed E-state index contributed by atoms with van der Waals surface area (Å²) in [6.45, 7) is 2.69. The lowest BCUT2D eigenvalue weighted by atomic mass is 10.0. The van der Waals surface area contributed by atoms with Crippen molar-refractivity contribution in [2.75, 3.05) is 18.5 Å². The molecule has 2 rings (SSSR count). The van der Waals surface area contributed by atoms with Crippen LogP contribution in [0.4, 0.5) is 5.69 Å². The van der Waals surface area contributed by atoms with Crippen molar-refractivity contribution < 1.29 is 0 Å². The molecule has 0 spiro atoms. The van der Waals surface area contributed by atoms with Crippen molar-refractivity contribution in [2.24, 2.45) is 5.73 Å². The van der Waals surface area contributed by atoms with Crippen LogP contribution in [0.15, 0.2) is 46.9 Å². The van der Waals surface area contributed by atoms with E-state index in [1.807, 2.05) is 18.2 Å². The lowest BCUT2D eigenvalue weighted by Gasteiger charge is -2.30. The molecule has 0 aliphatic heterocycles. The minimum atomic E-state index is 0.101. The Morgan fingerprint density at radius 3 is 2.38 bits per heavy atom. The molecule has 1 unspecified atom stereocenters. The highest BCUT2D eigenvalue weighted by Gasteiger charge is 2.18. The van der Waals surface area contributed by atoms with Gasteiger partial charge in [0.15, 0.2) is 0 Å². The number of halogens is 2. The maximum absolute atomic E-state index is 6.02. The van der Waals surface area contributed by atoms with Gasteiger partial charge in [-0.15, -0.1) is 0 Å². The molecule has 21 heavy (non-hydrogen) atoms. The van der Waals surface area contributed by atoms with Crippen LogP contribution < -0.4 is 10.6 Å². The molecule has 0 saturated carbocycles. The number of nitrogens with zero attached hydrogens (tertiary/aromatic N) is 1. The average molecular weight is 368 g/mol. The van der Waals surface area contributed by atoms with E-state index < -0.39 is 0 Å². The molecule has 2 aromatic rings. The molecule has 1 atom stereocenters. The molecule has 0 bridgehead atoms. The molecule has 2 N–H and O–H groups in total. The number of likely N-dealkylation sites (N-methyl/N-ethyl adjacent to an activating group) is 1. The highest BCUT2D eigenvalue weighted by molar-refractivity contribution is 9.10. The summed E-state index contributed by atoms with van der Waals surface area (Å²) in [4.78, 5) is 2.20. The van der Waals surface area contributed by atoms with Gasteiger partial charge in [-0.05, 0) is 41.8 Å². The quantitative estimate of drug-likeness (QED) is 0.822. The van der Waals surface area contributed by atoms with Gasteiger partial charge in [0.25, 0.3) is 0 Å². The van der Waals surface area contributed by atoms with E-state index in [1.165, 1.54) is 5.56 Å². The summed E-state index contributed by atoms with van der Waals surface area (Å²) in [5.41, 5.74) is 9.65. The van der Waals surface area contributed by atoms with E-state index in [-0.39, 0.29) is 6.04 Å². The van der Waals surface area contributed by atoms with Crippen molar-refractivity contribution in [3.05, 3.63) is 63.1 Å². The highest BCUT2D eigenvalue weighted by atomic mass is 79.9. The molecule has 4 heteroatoms. The zero-order valence-electron chi connectivity index (χ0n) is 12.3. The topological polar surface area (TPSA) is 29.3 Å². The maximum Gasteiger partial charge on any atom is 0.0672 e. The number of anilines is 1. The van der Waals surface area contributed by atoms with Gasteiger partial charge in [-0.3, -0.25) is 0 Å². The van der Waals surface area contributed by atoms with Crippen molar-refractivity contribution in [2.45, 2.75) is 19.4 Å². The summed E-state index contributed by atoms with van der Waals surface area (Å²) in [6, 6.07) is 14.6. The zero-order chi connectivity index (χ0) is 15.4. The minimum Gasteiger partial charge on any atom is -0.366 e. The fourth-order valence-corrected chi connectivity index (χ4v) is 3.36. The Balaban J connectivity index is 2.30. The Hall–Kier alpha value is -1.03. The molecule has 0 heterocycles. The van der Waals surface area contributed by atoms with Gasteiger partial charge in [-0.1, -0.05) is 52.7 Å². The number of hydrogen-bond acceptors (Lipinski definition) is 2. The van der Waals surface area contributed by atoms with Crippen LogP contribution in [0.1, 0.15) is 24.1 Å². The van der Waals surface area contributed by atoms with E-state index in [4.69, 9.17) is 17.3 Å². The summed E-state index contributed by atoms with van der Waals surface area (Å²) in [5, 5.41) is 0.719. The summed E-state index contributed by atoms with van der Waals surface area (Å²) in [5.74, 6) is 0. The molecule has 0 aliphatic rings. The molecule has 2 nitrogen and oxygen atoms in total. The van der Waals surface area contributed by atoms with Crippen LogP contribution in [0.3, 0.4) is 0 Å². The standard InChI is InChI=1S/C17H20BrClN2/c1-3-12-4-7-14(8-5-12)21(2)17(11-20)15-9-6-13(19)10-16(15)18/h4-10,17H,3,11,20H2,1-2H3. The van der Waals surface area contributed by atoms with Crippen LogP contribution in [0.25, 0.3) is 0 Å². The first kappa shape index (κ1) is 16.3. The lowest BCUT2D eigenvalue weighted by molar-refractivity contribution is 0.678. The lowest BCUT2D eigenvalue weighted by Crippen LogP contribution is -2.30. The number of hydrogen-bond donors (Lipinski definition) is 1. The molecule has 0 amide bonds. The fraction of sp³-hybridized carbons (Fsp3) is 0.294. The first-order valence-electron chi connectivity index (χ1n) is 7.03. The molecule has 0 radical (unpaired) electrons. The second kappa shape index (κ2) is 7.30. The highest BCUT2D eigenvalue weighted by Crippen LogP contribution is 2.31. The third-order valence-corrected chi connectivity index (χ3v) is 4.69. The van der Waals surface area contributed by atoms with Gasteiger partial charge < -0.3 is 10.6 Å². The van der Waals surface area contributed by atoms with E-state index in [1.54, 1.807) is 0 Å². The van der Waals surface area contributed by atoms with E-state index in [9.17, 15) is 0 Å². The van der Waals surface area contributed by atoms with Crippen molar-refractivity contribution >= 4 is 33.2 Å². The smallest absolute Gasteiger partial charge is 0.0672 e. The van der Waals surface area contributed by atoms with Crippen LogP contribution >= 0.6 is 27.5 Å². The molecular formula is C17H20BrClN2. The van der Waals surface area contributed by atoms with Crippen LogP contribution in [0.5, 0.6) is 0 Å². The Kier molecular flexibility index (Phi) is 5.68. The predicted octanol–water partition coefficient (Wildman–Crippen LogP) is 4.80. The SMILES string of the molecule is CCc1ccc(N(C)C(CN)c2ccc(Cl)cc2Br)cc1. The van der Waals surface area contributed by atoms with Crippen LogP contribution in [0.2, 0.25) is 5.02 Å². The van der Waals surface area contributed by atoms with E-state index in [2.05, 4.69) is 59.1 Å². The summed E-state index contributed by atoms with van der Waals surface area (Å²) in [6.07, 6.45) is 1.05. The Morgan fingerprint density at radius 1 is 1.19 bits per heavy atom. The van der Waals surface area contributed by atoms with E-state index in [0.29, 0.717) is 6.54 Å². The van der Waals surface area contributed by atoms with Gasteiger partial charge >= 0.3 is 0 Å². The van der Waals surface area contributed by atoms with Gasteiger partial charge in [-0.2, -0.15) is 0 Å². The van der Waals surface area contributed by atoms with Crippen molar-refractivity contribution in [1.29, 1.82) is 0 Å². The largest absolute Gasteiger partial charge is 0.366 e. The normalized spacial score (nSPS) is 12.2. The average Bonchev–Trinajstić information content (AvgIpc) is 2.50. The van der Waals surface area contributed by atoms with Gasteiger partial charge in [0.1, 0.15) is 0 Å². The van der Waals surface area contributed by atoms with Crippen molar-refractivity contribution in [3.63, 3.8) is 0 Å². The first-order valence-corrected chi connectivity index (χ1v) is 8.20. The summed E-state index contributed by atoms with van der Waals surface area (Å²) in [7, 11) is 2.07. The molecule has 0 saturated heterocycles. The third-order valence-electron chi connectivity index (χ3n) is 3.76. The van der Waals surface area contributed by atoms with Crippen LogP contribution in [-0.4, -0.2) is 13.6 Å². The first-order chi connectivity index (χ1) is 10.1. The fourth-order valence-electron chi connectivity index (χ4n) is 2.41. The van der Waals surface area contributed by atoms with E-state index in [0.717, 1.165) is 27.2 Å². The van der Waals surface area contributed by atoms with Gasteiger partial charge in [-0.25, -0.2) is 0 Å². The zero-order valence-corrected chi connectivity index (χ0v) is 14.7. The second-order valence-electron chi connectivity index (χ2n) is 5.05. The Morgan fingerprint density at radius 2 is 1.86 bits per heavy atom. The number of aryl methyl sites for hydroxylation is 1. The van der Waals surface area contributed by atoms with Gasteiger partial charge in [0, 0.05) is 28.8 Å². The minimum absolute atomic E-state index is 0.101. The Labute approximate surface area is 140 Å². The number of benzene rings is 2. The molecule has 112 valence electrons. The maximum atomic E-state index is 6.02. The monoisotopic (exact) mass is 366 g/mol. The van der Waals surface area contributed by atoms with Gasteiger partial charge in [0.05, 0.1) is 6.04 Å². The van der Waals surface area contributed by atoms with E-state index >= 15 is 0 Å². The van der Waals surface area contributed by atoms with Crippen molar-refractivity contribution in [3.8, 4) is 0 Å². The molecular weight excluding hydrogens is 348 g/mol. The second-order valence-corrected chi connectivity index (χ2v) is 6.34. The van der Waals surface area contributed by atoms with Crippen molar-refractivity contribution in [1.82, 2.24) is 0 Å². The molecule has 0 aromatic heterocycles. The molecule has 0 aliphatic carbocycles. The van der Waals surface area contributed by atoms with Gasteiger partial charge in [0.2, 0.25) is 0 Å². The summed E-state index contributed by atoms with van der Waals surface area (Å²) >= 11 is 9.61. The molecule has 0 fully saturated rings. The third kappa shape index (κ3) is 3.79. The van der Waals surface area contributed by atoms with Crippen LogP contribution in [0, 0.1) is 0 Å².